The molecule has 1 saturated heterocycles. The molecule has 20 heavy (non-hydrogen) atoms. The molecule has 1 heterocycles. The van der Waals surface area contributed by atoms with E-state index in [1.54, 1.807) is 0 Å². The van der Waals surface area contributed by atoms with E-state index in [4.69, 9.17) is 0 Å². The minimum absolute atomic E-state index is 0.206. The monoisotopic (exact) mass is 287 g/mol. The number of alkyl halides is 3. The number of amides is 2. The normalized spacial score (nSPS) is 16.6. The molecule has 4 nitrogen and oxygen atoms in total. The molecule has 7 heteroatoms. The van der Waals surface area contributed by atoms with Gasteiger partial charge in [0.1, 0.15) is 0 Å². The molecule has 1 aromatic carbocycles. The molecule has 0 spiro atoms. The van der Waals surface area contributed by atoms with Crippen molar-refractivity contribution in [2.24, 2.45) is 0 Å². The highest BCUT2D eigenvalue weighted by molar-refractivity contribution is 5.90. The highest BCUT2D eigenvalue weighted by atomic mass is 19.4. The SMILES string of the molecule is O=C(Nc1ccccc1C(F)(F)F)N1CCCNCC1. The Bertz CT molecular complexity index is 468. The Morgan fingerprint density at radius 3 is 2.70 bits per heavy atom. The fourth-order valence-electron chi connectivity index (χ4n) is 2.08. The van der Waals surface area contributed by atoms with Crippen LogP contribution in [0.15, 0.2) is 24.3 Å². The van der Waals surface area contributed by atoms with Gasteiger partial charge >= 0.3 is 12.2 Å². The molecule has 0 saturated carbocycles. The largest absolute Gasteiger partial charge is 0.418 e. The van der Waals surface area contributed by atoms with Gasteiger partial charge in [0, 0.05) is 19.6 Å². The number of carbonyl (C=O) groups excluding carboxylic acids is 1. The summed E-state index contributed by atoms with van der Waals surface area (Å²) in [6.45, 7) is 2.48. The third kappa shape index (κ3) is 3.63. The van der Waals surface area contributed by atoms with Crippen molar-refractivity contribution in [1.82, 2.24) is 10.2 Å². The number of nitrogens with one attached hydrogen (secondary N) is 2. The van der Waals surface area contributed by atoms with Crippen LogP contribution in [0.25, 0.3) is 0 Å². The first kappa shape index (κ1) is 14.6. The topological polar surface area (TPSA) is 44.4 Å². The summed E-state index contributed by atoms with van der Waals surface area (Å²) < 4.78 is 38.5. The quantitative estimate of drug-likeness (QED) is 0.833. The fourth-order valence-corrected chi connectivity index (χ4v) is 2.08. The number of hydrogen-bond acceptors (Lipinski definition) is 2. The minimum Gasteiger partial charge on any atom is -0.323 e. The lowest BCUT2D eigenvalue weighted by Gasteiger charge is -2.22. The second kappa shape index (κ2) is 6.13. The number of nitrogens with zero attached hydrogens (tertiary/aromatic N) is 1. The molecule has 110 valence electrons. The van der Waals surface area contributed by atoms with Gasteiger partial charge in [0.05, 0.1) is 11.3 Å². The maximum Gasteiger partial charge on any atom is 0.418 e. The molecule has 1 aliphatic rings. The Morgan fingerprint density at radius 1 is 1.20 bits per heavy atom. The average Bonchev–Trinajstić information content (AvgIpc) is 2.67. The van der Waals surface area contributed by atoms with E-state index in [9.17, 15) is 18.0 Å². The molecular formula is C13H16F3N3O. The van der Waals surface area contributed by atoms with Gasteiger partial charge in [-0.2, -0.15) is 13.2 Å². The van der Waals surface area contributed by atoms with E-state index >= 15 is 0 Å². The Morgan fingerprint density at radius 2 is 1.95 bits per heavy atom. The average molecular weight is 287 g/mol. The molecule has 1 aliphatic heterocycles. The second-order valence-electron chi connectivity index (χ2n) is 4.56. The summed E-state index contributed by atoms with van der Waals surface area (Å²) in [6, 6.07) is 4.49. The maximum atomic E-state index is 12.8. The molecule has 2 rings (SSSR count). The Balaban J connectivity index is 2.11. The van der Waals surface area contributed by atoms with E-state index in [1.807, 2.05) is 0 Å². The Labute approximate surface area is 114 Å². The number of urea groups is 1. The first-order valence-electron chi connectivity index (χ1n) is 6.41. The smallest absolute Gasteiger partial charge is 0.323 e. The second-order valence-corrected chi connectivity index (χ2v) is 4.56. The predicted molar refractivity (Wildman–Crippen MR) is 69.5 cm³/mol. The fraction of sp³-hybridized carbons (Fsp3) is 0.462. The molecule has 2 amide bonds. The number of benzene rings is 1. The van der Waals surface area contributed by atoms with Crippen molar-refractivity contribution in [3.8, 4) is 0 Å². The van der Waals surface area contributed by atoms with Crippen LogP contribution in [0.5, 0.6) is 0 Å². The molecule has 0 aliphatic carbocycles. The van der Waals surface area contributed by atoms with Crippen LogP contribution in [0, 0.1) is 0 Å². The van der Waals surface area contributed by atoms with Crippen LogP contribution in [0.1, 0.15) is 12.0 Å². The van der Waals surface area contributed by atoms with Gasteiger partial charge in [-0.25, -0.2) is 4.79 Å². The van der Waals surface area contributed by atoms with E-state index in [0.29, 0.717) is 19.6 Å². The Hall–Kier alpha value is -1.76. The maximum absolute atomic E-state index is 12.8. The van der Waals surface area contributed by atoms with Crippen molar-refractivity contribution < 1.29 is 18.0 Å². The molecular weight excluding hydrogens is 271 g/mol. The number of anilines is 1. The van der Waals surface area contributed by atoms with Gasteiger partial charge < -0.3 is 15.5 Å². The number of halogens is 3. The summed E-state index contributed by atoms with van der Waals surface area (Å²) in [5.74, 6) is 0. The molecule has 2 N–H and O–H groups in total. The van der Waals surface area contributed by atoms with Crippen LogP contribution >= 0.6 is 0 Å². The van der Waals surface area contributed by atoms with Crippen molar-refractivity contribution in [3.63, 3.8) is 0 Å². The van der Waals surface area contributed by atoms with Gasteiger partial charge in [0.2, 0.25) is 0 Å². The highest BCUT2D eigenvalue weighted by Gasteiger charge is 2.33. The van der Waals surface area contributed by atoms with Crippen LogP contribution in [0.2, 0.25) is 0 Å². The van der Waals surface area contributed by atoms with Crippen molar-refractivity contribution in [2.45, 2.75) is 12.6 Å². The van der Waals surface area contributed by atoms with Crippen LogP contribution in [-0.4, -0.2) is 37.1 Å². The van der Waals surface area contributed by atoms with Crippen LogP contribution in [0.4, 0.5) is 23.7 Å². The number of carbonyl (C=O) groups is 1. The third-order valence-electron chi connectivity index (χ3n) is 3.10. The molecule has 0 aromatic heterocycles. The van der Waals surface area contributed by atoms with E-state index in [-0.39, 0.29) is 5.69 Å². The molecule has 0 unspecified atom stereocenters. The molecule has 1 aromatic rings. The summed E-state index contributed by atoms with van der Waals surface area (Å²) in [4.78, 5) is 13.5. The lowest BCUT2D eigenvalue weighted by atomic mass is 10.1. The minimum atomic E-state index is -4.48. The first-order chi connectivity index (χ1) is 9.48. The standard InChI is InChI=1S/C13H16F3N3O/c14-13(15,16)10-4-1-2-5-11(10)18-12(20)19-8-3-6-17-7-9-19/h1-2,4-5,17H,3,6-9H2,(H,18,20). The van der Waals surface area contributed by atoms with E-state index in [1.165, 1.54) is 23.1 Å². The summed E-state index contributed by atoms with van der Waals surface area (Å²) in [5, 5.41) is 5.48. The van der Waals surface area contributed by atoms with Crippen molar-refractivity contribution >= 4 is 11.7 Å². The van der Waals surface area contributed by atoms with E-state index in [0.717, 1.165) is 19.0 Å². The van der Waals surface area contributed by atoms with E-state index < -0.39 is 17.8 Å². The predicted octanol–water partition coefficient (Wildman–Crippen LogP) is 2.53. The van der Waals surface area contributed by atoms with Gasteiger partial charge in [-0.05, 0) is 25.1 Å². The number of hydrogen-bond donors (Lipinski definition) is 2. The van der Waals surface area contributed by atoms with Crippen LogP contribution in [-0.2, 0) is 6.18 Å². The lowest BCUT2D eigenvalue weighted by Crippen LogP contribution is -2.37. The summed E-state index contributed by atoms with van der Waals surface area (Å²) in [5.41, 5.74) is -1.04. The Kier molecular flexibility index (Phi) is 4.49. The van der Waals surface area contributed by atoms with E-state index in [2.05, 4.69) is 10.6 Å². The first-order valence-corrected chi connectivity index (χ1v) is 6.41. The number of rotatable bonds is 1. The van der Waals surface area contributed by atoms with Crippen molar-refractivity contribution in [1.29, 1.82) is 0 Å². The van der Waals surface area contributed by atoms with Gasteiger partial charge in [-0.1, -0.05) is 12.1 Å². The zero-order chi connectivity index (χ0) is 14.6. The zero-order valence-corrected chi connectivity index (χ0v) is 10.8. The molecule has 0 radical (unpaired) electrons. The summed E-state index contributed by atoms with van der Waals surface area (Å²) >= 11 is 0. The lowest BCUT2D eigenvalue weighted by molar-refractivity contribution is -0.136. The van der Waals surface area contributed by atoms with Gasteiger partial charge in [0.15, 0.2) is 0 Å². The molecule has 1 fully saturated rings. The van der Waals surface area contributed by atoms with Crippen LogP contribution in [0.3, 0.4) is 0 Å². The third-order valence-corrected chi connectivity index (χ3v) is 3.10. The van der Waals surface area contributed by atoms with Gasteiger partial charge in [-0.15, -0.1) is 0 Å². The van der Waals surface area contributed by atoms with Gasteiger partial charge in [-0.3, -0.25) is 0 Å². The summed E-state index contributed by atoms with van der Waals surface area (Å²) in [6.07, 6.45) is -3.70. The highest BCUT2D eigenvalue weighted by Crippen LogP contribution is 2.34. The molecule has 0 bridgehead atoms. The van der Waals surface area contributed by atoms with Crippen LogP contribution < -0.4 is 10.6 Å². The van der Waals surface area contributed by atoms with Crippen molar-refractivity contribution in [3.05, 3.63) is 29.8 Å². The zero-order valence-electron chi connectivity index (χ0n) is 10.8. The summed E-state index contributed by atoms with van der Waals surface area (Å²) in [7, 11) is 0. The van der Waals surface area contributed by atoms with Crippen molar-refractivity contribution in [2.75, 3.05) is 31.5 Å². The number of para-hydroxylation sites is 1. The van der Waals surface area contributed by atoms with Gasteiger partial charge in [0.25, 0.3) is 0 Å². The molecule has 0 atom stereocenters.